The quantitative estimate of drug-likeness (QED) is 0.760. The number of nitrogens with zero attached hydrogens (tertiary/aromatic N) is 4. The normalized spacial score (nSPS) is 15.0. The number of hydrogen-bond donors (Lipinski definition) is 2. The second-order valence-corrected chi connectivity index (χ2v) is 6.87. The molecule has 2 N–H and O–H groups in total. The zero-order valence-corrected chi connectivity index (χ0v) is 16.3. The number of nitrogens with one attached hydrogen (secondary N) is 2. The topological polar surface area (TPSA) is 90.5 Å². The Hall–Kier alpha value is -3.23. The van der Waals surface area contributed by atoms with Crippen LogP contribution >= 0.6 is 0 Å². The van der Waals surface area contributed by atoms with Gasteiger partial charge in [-0.15, -0.1) is 0 Å². The molecule has 0 aliphatic carbocycles. The fraction of sp³-hybridized carbons (Fsp3) is 0.400. The Bertz CT molecular complexity index is 827. The van der Waals surface area contributed by atoms with E-state index in [1.807, 2.05) is 4.90 Å². The molecule has 0 radical (unpaired) electrons. The van der Waals surface area contributed by atoms with Gasteiger partial charge in [0.05, 0.1) is 0 Å². The van der Waals surface area contributed by atoms with Gasteiger partial charge in [0.2, 0.25) is 11.9 Å². The van der Waals surface area contributed by atoms with Crippen molar-refractivity contribution in [2.75, 3.05) is 37.6 Å². The molecule has 154 valence electrons. The standard InChI is InChI=1S/C20H25FN6O2/c1-15(18(28)22-9-6-16-4-2-5-17(21)14-16)25-20(29)27-12-10-26(11-13-27)19-23-7-3-8-24-19/h2-5,7-8,14-15H,6,9-13H2,1H3,(H,22,28)(H,25,29). The number of benzene rings is 1. The first-order chi connectivity index (χ1) is 14.0. The number of rotatable bonds is 6. The van der Waals surface area contributed by atoms with E-state index in [2.05, 4.69) is 20.6 Å². The number of halogens is 1. The molecule has 8 nitrogen and oxygen atoms in total. The van der Waals surface area contributed by atoms with Gasteiger partial charge >= 0.3 is 6.03 Å². The molecular weight excluding hydrogens is 375 g/mol. The van der Waals surface area contributed by atoms with Gasteiger partial charge in [0.25, 0.3) is 0 Å². The minimum Gasteiger partial charge on any atom is -0.354 e. The summed E-state index contributed by atoms with van der Waals surface area (Å²) in [7, 11) is 0. The van der Waals surface area contributed by atoms with Crippen LogP contribution in [0.15, 0.2) is 42.7 Å². The van der Waals surface area contributed by atoms with Crippen molar-refractivity contribution >= 4 is 17.9 Å². The highest BCUT2D eigenvalue weighted by molar-refractivity contribution is 5.86. The van der Waals surface area contributed by atoms with Crippen LogP contribution < -0.4 is 15.5 Å². The number of piperazine rings is 1. The maximum absolute atomic E-state index is 13.2. The summed E-state index contributed by atoms with van der Waals surface area (Å²) in [5.41, 5.74) is 0.808. The number of amides is 3. The molecule has 3 amide bonds. The zero-order chi connectivity index (χ0) is 20.6. The maximum atomic E-state index is 13.2. The van der Waals surface area contributed by atoms with Gasteiger partial charge in [0, 0.05) is 45.1 Å². The van der Waals surface area contributed by atoms with E-state index in [0.717, 1.165) is 5.56 Å². The molecule has 1 unspecified atom stereocenters. The van der Waals surface area contributed by atoms with Crippen molar-refractivity contribution in [3.63, 3.8) is 0 Å². The van der Waals surface area contributed by atoms with Crippen molar-refractivity contribution in [1.29, 1.82) is 0 Å². The number of hydrogen-bond acceptors (Lipinski definition) is 5. The molecule has 2 aromatic rings. The van der Waals surface area contributed by atoms with Crippen LogP contribution in [0, 0.1) is 5.82 Å². The molecule has 1 aliphatic rings. The minimum atomic E-state index is -0.662. The van der Waals surface area contributed by atoms with E-state index in [9.17, 15) is 14.0 Å². The third-order valence-corrected chi connectivity index (χ3v) is 4.74. The summed E-state index contributed by atoms with van der Waals surface area (Å²) in [6, 6.07) is 7.10. The second-order valence-electron chi connectivity index (χ2n) is 6.87. The molecule has 0 saturated carbocycles. The third kappa shape index (κ3) is 5.87. The highest BCUT2D eigenvalue weighted by Crippen LogP contribution is 2.10. The first kappa shape index (κ1) is 20.5. The monoisotopic (exact) mass is 400 g/mol. The van der Waals surface area contributed by atoms with E-state index in [4.69, 9.17) is 0 Å². The van der Waals surface area contributed by atoms with Crippen molar-refractivity contribution in [1.82, 2.24) is 25.5 Å². The van der Waals surface area contributed by atoms with Crippen molar-refractivity contribution in [3.8, 4) is 0 Å². The second kappa shape index (κ2) is 9.81. The van der Waals surface area contributed by atoms with Crippen LogP contribution in [0.3, 0.4) is 0 Å². The molecule has 1 aromatic carbocycles. The van der Waals surface area contributed by atoms with E-state index in [1.165, 1.54) is 12.1 Å². The zero-order valence-electron chi connectivity index (χ0n) is 16.3. The average Bonchev–Trinajstić information content (AvgIpc) is 2.74. The fourth-order valence-corrected chi connectivity index (χ4v) is 3.08. The average molecular weight is 400 g/mol. The van der Waals surface area contributed by atoms with Gasteiger partial charge in [0.15, 0.2) is 0 Å². The molecule has 3 rings (SSSR count). The summed E-state index contributed by atoms with van der Waals surface area (Å²) in [6.45, 7) is 4.33. The van der Waals surface area contributed by atoms with Crippen molar-refractivity contribution in [2.24, 2.45) is 0 Å². The fourth-order valence-electron chi connectivity index (χ4n) is 3.08. The van der Waals surface area contributed by atoms with E-state index in [-0.39, 0.29) is 17.8 Å². The summed E-state index contributed by atoms with van der Waals surface area (Å²) >= 11 is 0. The molecule has 0 spiro atoms. The summed E-state index contributed by atoms with van der Waals surface area (Å²) in [6.07, 6.45) is 3.90. The Kier molecular flexibility index (Phi) is 6.94. The molecule has 1 aliphatic heterocycles. The molecule has 1 atom stereocenters. The van der Waals surface area contributed by atoms with E-state index < -0.39 is 6.04 Å². The number of urea groups is 1. The smallest absolute Gasteiger partial charge is 0.318 e. The van der Waals surface area contributed by atoms with Crippen LogP contribution in [-0.2, 0) is 11.2 Å². The molecule has 2 heterocycles. The van der Waals surface area contributed by atoms with Gasteiger partial charge < -0.3 is 20.4 Å². The summed E-state index contributed by atoms with van der Waals surface area (Å²) in [5.74, 6) is 0.0815. The Balaban J connectivity index is 1.39. The Labute approximate surface area is 169 Å². The molecule has 29 heavy (non-hydrogen) atoms. The molecule has 0 bridgehead atoms. The lowest BCUT2D eigenvalue weighted by Crippen LogP contribution is -2.55. The summed E-state index contributed by atoms with van der Waals surface area (Å²) < 4.78 is 13.2. The van der Waals surface area contributed by atoms with Crippen LogP contribution in [0.5, 0.6) is 0 Å². The first-order valence-corrected chi connectivity index (χ1v) is 9.62. The van der Waals surface area contributed by atoms with Gasteiger partial charge in [-0.3, -0.25) is 4.79 Å². The lowest BCUT2D eigenvalue weighted by molar-refractivity contribution is -0.122. The van der Waals surface area contributed by atoms with Crippen molar-refractivity contribution in [3.05, 3.63) is 54.1 Å². The highest BCUT2D eigenvalue weighted by Gasteiger charge is 2.24. The van der Waals surface area contributed by atoms with Gasteiger partial charge in [-0.05, 0) is 37.1 Å². The van der Waals surface area contributed by atoms with E-state index in [0.29, 0.717) is 45.1 Å². The predicted octanol–water partition coefficient (Wildman–Crippen LogP) is 1.19. The Morgan fingerprint density at radius 2 is 1.86 bits per heavy atom. The SMILES string of the molecule is CC(NC(=O)N1CCN(c2ncccn2)CC1)C(=O)NCCc1cccc(F)c1. The minimum absolute atomic E-state index is 0.272. The lowest BCUT2D eigenvalue weighted by Gasteiger charge is -2.35. The summed E-state index contributed by atoms with van der Waals surface area (Å²) in [5, 5.41) is 5.49. The van der Waals surface area contributed by atoms with Gasteiger partial charge in [-0.2, -0.15) is 0 Å². The Morgan fingerprint density at radius 1 is 1.14 bits per heavy atom. The maximum Gasteiger partial charge on any atom is 0.318 e. The number of anilines is 1. The molecular formula is C20H25FN6O2. The van der Waals surface area contributed by atoms with Crippen LogP contribution in [0.25, 0.3) is 0 Å². The van der Waals surface area contributed by atoms with Gasteiger partial charge in [-0.25, -0.2) is 19.2 Å². The largest absolute Gasteiger partial charge is 0.354 e. The molecule has 1 fully saturated rings. The number of carbonyl (C=O) groups excluding carboxylic acids is 2. The van der Waals surface area contributed by atoms with Crippen LogP contribution in [-0.4, -0.2) is 65.6 Å². The van der Waals surface area contributed by atoms with Gasteiger partial charge in [0.1, 0.15) is 11.9 Å². The highest BCUT2D eigenvalue weighted by atomic mass is 19.1. The molecule has 9 heteroatoms. The van der Waals surface area contributed by atoms with E-state index >= 15 is 0 Å². The number of aromatic nitrogens is 2. The predicted molar refractivity (Wildman–Crippen MR) is 107 cm³/mol. The first-order valence-electron chi connectivity index (χ1n) is 9.62. The van der Waals surface area contributed by atoms with Crippen molar-refractivity contribution in [2.45, 2.75) is 19.4 Å². The van der Waals surface area contributed by atoms with Crippen LogP contribution in [0.4, 0.5) is 15.1 Å². The molecule has 1 saturated heterocycles. The van der Waals surface area contributed by atoms with E-state index in [1.54, 1.807) is 42.4 Å². The van der Waals surface area contributed by atoms with Crippen molar-refractivity contribution < 1.29 is 14.0 Å². The van der Waals surface area contributed by atoms with Crippen LogP contribution in [0.1, 0.15) is 12.5 Å². The summed E-state index contributed by atoms with van der Waals surface area (Å²) in [4.78, 5) is 36.8. The Morgan fingerprint density at radius 3 is 2.55 bits per heavy atom. The van der Waals surface area contributed by atoms with Crippen LogP contribution in [0.2, 0.25) is 0 Å². The van der Waals surface area contributed by atoms with Gasteiger partial charge in [-0.1, -0.05) is 12.1 Å². The number of carbonyl (C=O) groups is 2. The lowest BCUT2D eigenvalue weighted by atomic mass is 10.1. The third-order valence-electron chi connectivity index (χ3n) is 4.74. The molecule has 1 aromatic heterocycles.